The molecule has 0 fully saturated rings. The lowest BCUT2D eigenvalue weighted by atomic mass is 9.98. The first-order valence-electron chi connectivity index (χ1n) is 6.12. The first-order chi connectivity index (χ1) is 9.76. The summed E-state index contributed by atoms with van der Waals surface area (Å²) < 4.78 is 41.8. The van der Waals surface area contributed by atoms with Crippen molar-refractivity contribution in [2.45, 2.75) is 19.8 Å². The number of hydrogen-bond donors (Lipinski definition) is 0. The van der Waals surface area contributed by atoms with Crippen LogP contribution in [-0.4, -0.2) is 32.6 Å². The Hall–Kier alpha value is -2.18. The molecule has 5 nitrogen and oxygen atoms in total. The molecule has 0 heterocycles. The number of rotatable bonds is 6. The average molecular weight is 302 g/mol. The van der Waals surface area contributed by atoms with E-state index in [4.69, 9.17) is 9.47 Å². The van der Waals surface area contributed by atoms with E-state index in [9.17, 15) is 18.4 Å². The van der Waals surface area contributed by atoms with Crippen molar-refractivity contribution >= 4 is 11.8 Å². The average Bonchev–Trinajstić information content (AvgIpc) is 2.44. The van der Waals surface area contributed by atoms with Gasteiger partial charge in [-0.2, -0.15) is 0 Å². The SMILES string of the molecule is CCOC(=O)C(=O)c1cc(OC)c(OC)cc1C(C)(F)F. The van der Waals surface area contributed by atoms with Crippen LogP contribution in [0.3, 0.4) is 0 Å². The summed E-state index contributed by atoms with van der Waals surface area (Å²) in [5.41, 5.74) is -1.10. The quantitative estimate of drug-likeness (QED) is 0.459. The number of carbonyl (C=O) groups is 2. The number of methoxy groups -OCH3 is 2. The molecule has 21 heavy (non-hydrogen) atoms. The Morgan fingerprint density at radius 2 is 1.67 bits per heavy atom. The Morgan fingerprint density at radius 1 is 1.14 bits per heavy atom. The highest BCUT2D eigenvalue weighted by Crippen LogP contribution is 2.38. The molecular weight excluding hydrogens is 286 g/mol. The molecule has 0 bridgehead atoms. The van der Waals surface area contributed by atoms with Crippen LogP contribution in [0.1, 0.15) is 29.8 Å². The van der Waals surface area contributed by atoms with Crippen molar-refractivity contribution in [3.63, 3.8) is 0 Å². The molecule has 1 aromatic rings. The summed E-state index contributed by atoms with van der Waals surface area (Å²) in [4.78, 5) is 23.5. The van der Waals surface area contributed by atoms with Crippen molar-refractivity contribution in [3.05, 3.63) is 23.3 Å². The van der Waals surface area contributed by atoms with Gasteiger partial charge in [0.05, 0.1) is 20.8 Å². The van der Waals surface area contributed by atoms with E-state index < -0.39 is 28.8 Å². The molecule has 0 N–H and O–H groups in total. The van der Waals surface area contributed by atoms with Crippen molar-refractivity contribution in [2.24, 2.45) is 0 Å². The number of hydrogen-bond acceptors (Lipinski definition) is 5. The maximum atomic E-state index is 13.7. The van der Waals surface area contributed by atoms with Gasteiger partial charge >= 0.3 is 5.97 Å². The molecule has 0 aliphatic rings. The van der Waals surface area contributed by atoms with E-state index in [0.717, 1.165) is 12.1 Å². The summed E-state index contributed by atoms with van der Waals surface area (Å²) in [6.45, 7) is 2.10. The maximum Gasteiger partial charge on any atom is 0.379 e. The number of esters is 1. The Balaban J connectivity index is 3.47. The van der Waals surface area contributed by atoms with Gasteiger partial charge in [-0.1, -0.05) is 0 Å². The largest absolute Gasteiger partial charge is 0.493 e. The minimum absolute atomic E-state index is 0.0320. The smallest absolute Gasteiger partial charge is 0.379 e. The van der Waals surface area contributed by atoms with Crippen LogP contribution in [0, 0.1) is 0 Å². The molecule has 116 valence electrons. The fourth-order valence-electron chi connectivity index (χ4n) is 1.74. The van der Waals surface area contributed by atoms with Crippen LogP contribution >= 0.6 is 0 Å². The number of ketones is 1. The fourth-order valence-corrected chi connectivity index (χ4v) is 1.74. The second-order valence-electron chi connectivity index (χ2n) is 4.19. The summed E-state index contributed by atoms with van der Waals surface area (Å²) >= 11 is 0. The van der Waals surface area contributed by atoms with E-state index in [0.29, 0.717) is 6.92 Å². The van der Waals surface area contributed by atoms with Gasteiger partial charge in [0.1, 0.15) is 0 Å². The van der Waals surface area contributed by atoms with Gasteiger partial charge in [0, 0.05) is 18.1 Å². The Labute approximate surface area is 120 Å². The minimum Gasteiger partial charge on any atom is -0.493 e. The van der Waals surface area contributed by atoms with E-state index in [2.05, 4.69) is 4.74 Å². The number of Topliss-reactive ketones (excluding diaryl/α,β-unsaturated/α-hetero) is 1. The van der Waals surface area contributed by atoms with Crippen molar-refractivity contribution in [2.75, 3.05) is 20.8 Å². The highest BCUT2D eigenvalue weighted by Gasteiger charge is 2.34. The number of halogens is 2. The molecule has 0 aromatic heterocycles. The van der Waals surface area contributed by atoms with Gasteiger partial charge in [0.25, 0.3) is 11.7 Å². The Bertz CT molecular complexity index is 549. The Morgan fingerprint density at radius 3 is 2.10 bits per heavy atom. The van der Waals surface area contributed by atoms with Crippen molar-refractivity contribution in [3.8, 4) is 11.5 Å². The molecule has 0 aliphatic heterocycles. The van der Waals surface area contributed by atoms with Crippen LogP contribution in [0.25, 0.3) is 0 Å². The van der Waals surface area contributed by atoms with E-state index in [1.54, 1.807) is 0 Å². The highest BCUT2D eigenvalue weighted by molar-refractivity contribution is 6.41. The first-order valence-corrected chi connectivity index (χ1v) is 6.12. The molecule has 7 heteroatoms. The number of alkyl halides is 2. The summed E-state index contributed by atoms with van der Waals surface area (Å²) in [7, 11) is 2.57. The molecule has 0 saturated heterocycles. The van der Waals surface area contributed by atoms with Gasteiger partial charge in [-0.3, -0.25) is 4.79 Å². The minimum atomic E-state index is -3.34. The highest BCUT2D eigenvalue weighted by atomic mass is 19.3. The molecule has 0 atom stereocenters. The molecular formula is C14H16F2O5. The summed E-state index contributed by atoms with van der Waals surface area (Å²) in [6, 6.07) is 2.02. The number of ether oxygens (including phenoxy) is 3. The lowest BCUT2D eigenvalue weighted by molar-refractivity contribution is -0.137. The standard InChI is InChI=1S/C14H16F2O5/c1-5-21-13(18)12(17)8-6-10(19-3)11(20-4)7-9(8)14(2,15)16/h6-7H,5H2,1-4H3. The monoisotopic (exact) mass is 302 g/mol. The van der Waals surface area contributed by atoms with Crippen LogP contribution < -0.4 is 9.47 Å². The van der Waals surface area contributed by atoms with Gasteiger partial charge in [0.2, 0.25) is 0 Å². The predicted octanol–water partition coefficient (Wildman–Crippen LogP) is 2.56. The van der Waals surface area contributed by atoms with Gasteiger partial charge in [0.15, 0.2) is 11.5 Å². The van der Waals surface area contributed by atoms with Crippen LogP contribution in [-0.2, 0) is 15.5 Å². The van der Waals surface area contributed by atoms with Crippen LogP contribution in [0.5, 0.6) is 11.5 Å². The lowest BCUT2D eigenvalue weighted by Crippen LogP contribution is -2.22. The lowest BCUT2D eigenvalue weighted by Gasteiger charge is -2.18. The topological polar surface area (TPSA) is 61.8 Å². The van der Waals surface area contributed by atoms with Gasteiger partial charge in [-0.25, -0.2) is 13.6 Å². The number of benzene rings is 1. The van der Waals surface area contributed by atoms with E-state index in [1.807, 2.05) is 0 Å². The third-order valence-electron chi connectivity index (χ3n) is 2.70. The van der Waals surface area contributed by atoms with Crippen molar-refractivity contribution in [1.29, 1.82) is 0 Å². The van der Waals surface area contributed by atoms with Crippen LogP contribution in [0.2, 0.25) is 0 Å². The zero-order valence-electron chi connectivity index (χ0n) is 12.2. The molecule has 0 radical (unpaired) electrons. The van der Waals surface area contributed by atoms with Gasteiger partial charge in [-0.15, -0.1) is 0 Å². The molecule has 0 amide bonds. The molecule has 1 rings (SSSR count). The summed E-state index contributed by atoms with van der Waals surface area (Å²) in [5, 5.41) is 0. The third kappa shape index (κ3) is 3.68. The molecule has 0 spiro atoms. The van der Waals surface area contributed by atoms with E-state index in [1.165, 1.54) is 21.1 Å². The predicted molar refractivity (Wildman–Crippen MR) is 70.1 cm³/mol. The maximum absolute atomic E-state index is 13.7. The molecule has 1 aromatic carbocycles. The zero-order valence-corrected chi connectivity index (χ0v) is 12.2. The van der Waals surface area contributed by atoms with Crippen molar-refractivity contribution < 1.29 is 32.6 Å². The summed E-state index contributed by atoms with van der Waals surface area (Å²) in [6.07, 6.45) is 0. The van der Waals surface area contributed by atoms with E-state index in [-0.39, 0.29) is 18.1 Å². The van der Waals surface area contributed by atoms with Gasteiger partial charge in [-0.05, 0) is 19.1 Å². The molecule has 0 aliphatic carbocycles. The zero-order chi connectivity index (χ0) is 16.2. The second kappa shape index (κ2) is 6.51. The van der Waals surface area contributed by atoms with Crippen molar-refractivity contribution in [1.82, 2.24) is 0 Å². The summed E-state index contributed by atoms with van der Waals surface area (Å²) in [5.74, 6) is -5.59. The molecule has 0 unspecified atom stereocenters. The molecule has 0 saturated carbocycles. The van der Waals surface area contributed by atoms with Crippen LogP contribution in [0.15, 0.2) is 12.1 Å². The van der Waals surface area contributed by atoms with E-state index >= 15 is 0 Å². The second-order valence-corrected chi connectivity index (χ2v) is 4.19. The Kier molecular flexibility index (Phi) is 5.23. The third-order valence-corrected chi connectivity index (χ3v) is 2.70. The first kappa shape index (κ1) is 16.9. The normalized spacial score (nSPS) is 11.0. The number of carbonyl (C=O) groups excluding carboxylic acids is 2. The van der Waals surface area contributed by atoms with Gasteiger partial charge < -0.3 is 14.2 Å². The fraction of sp³-hybridized carbons (Fsp3) is 0.429. The van der Waals surface area contributed by atoms with Crippen LogP contribution in [0.4, 0.5) is 8.78 Å².